The second kappa shape index (κ2) is 8.41. The first kappa shape index (κ1) is 17.8. The number of aliphatic imine (C=N–C) groups is 1. The van der Waals surface area contributed by atoms with E-state index >= 15 is 0 Å². The van der Waals surface area contributed by atoms with Gasteiger partial charge in [-0.3, -0.25) is 9.79 Å². The Morgan fingerprint density at radius 2 is 2.04 bits per heavy atom. The van der Waals surface area contributed by atoms with Crippen molar-refractivity contribution in [3.8, 4) is 5.75 Å². The first-order chi connectivity index (χ1) is 13.3. The molecule has 0 bridgehead atoms. The van der Waals surface area contributed by atoms with Crippen molar-refractivity contribution in [2.24, 2.45) is 4.99 Å². The summed E-state index contributed by atoms with van der Waals surface area (Å²) in [7, 11) is 0. The van der Waals surface area contributed by atoms with E-state index in [1.54, 1.807) is 0 Å². The molecule has 1 fully saturated rings. The summed E-state index contributed by atoms with van der Waals surface area (Å²) in [6.45, 7) is 0.640. The molecule has 1 saturated carbocycles. The fourth-order valence-corrected chi connectivity index (χ4v) is 3.86. The van der Waals surface area contributed by atoms with Gasteiger partial charge in [0, 0.05) is 12.8 Å². The standard InChI is InChI=1S/C20H25N5O2/c26-17-12-15-13-18(9-10-19(15)21-14-17)27-11-5-4-8-20-22-23-24-25(20)16-6-2-1-3-7-16/h9-10,13-14,16H,1-8,11-12H2. The zero-order valence-corrected chi connectivity index (χ0v) is 15.5. The number of fused-ring (bicyclic) bond motifs is 1. The predicted molar refractivity (Wildman–Crippen MR) is 102 cm³/mol. The van der Waals surface area contributed by atoms with Gasteiger partial charge in [-0.25, -0.2) is 4.68 Å². The summed E-state index contributed by atoms with van der Waals surface area (Å²) in [6, 6.07) is 6.22. The Morgan fingerprint density at radius 3 is 2.93 bits per heavy atom. The van der Waals surface area contributed by atoms with Crippen LogP contribution in [-0.2, 0) is 17.6 Å². The van der Waals surface area contributed by atoms with Crippen LogP contribution in [0, 0.1) is 0 Å². The van der Waals surface area contributed by atoms with Crippen molar-refractivity contribution >= 4 is 17.7 Å². The fourth-order valence-electron chi connectivity index (χ4n) is 3.86. The molecule has 142 valence electrons. The van der Waals surface area contributed by atoms with Crippen LogP contribution in [0.4, 0.5) is 5.69 Å². The largest absolute Gasteiger partial charge is 0.494 e. The van der Waals surface area contributed by atoms with E-state index in [1.165, 1.54) is 38.3 Å². The Hall–Kier alpha value is -2.57. The summed E-state index contributed by atoms with van der Waals surface area (Å²) in [5.41, 5.74) is 1.79. The van der Waals surface area contributed by atoms with Gasteiger partial charge in [0.1, 0.15) is 5.75 Å². The number of unbranched alkanes of at least 4 members (excludes halogenated alkanes) is 1. The Morgan fingerprint density at radius 1 is 1.15 bits per heavy atom. The SMILES string of the molecule is O=C1C=Nc2ccc(OCCCCc3nnnn3C3CCCCC3)cc2C1. The lowest BCUT2D eigenvalue weighted by atomic mass is 9.95. The van der Waals surface area contributed by atoms with Crippen molar-refractivity contribution in [1.29, 1.82) is 0 Å². The first-order valence-electron chi connectivity index (χ1n) is 9.89. The molecule has 2 aromatic rings. The predicted octanol–water partition coefficient (Wildman–Crippen LogP) is 3.41. The van der Waals surface area contributed by atoms with Crippen molar-refractivity contribution in [3.63, 3.8) is 0 Å². The summed E-state index contributed by atoms with van der Waals surface area (Å²) in [6.07, 6.45) is 10.8. The topological polar surface area (TPSA) is 82.3 Å². The highest BCUT2D eigenvalue weighted by Crippen LogP contribution is 2.29. The summed E-state index contributed by atoms with van der Waals surface area (Å²) < 4.78 is 7.89. The Labute approximate surface area is 158 Å². The quantitative estimate of drug-likeness (QED) is 0.701. The van der Waals surface area contributed by atoms with E-state index in [-0.39, 0.29) is 5.78 Å². The van der Waals surface area contributed by atoms with Crippen LogP contribution in [0.3, 0.4) is 0 Å². The molecule has 1 aliphatic heterocycles. The van der Waals surface area contributed by atoms with Gasteiger partial charge in [-0.15, -0.1) is 5.10 Å². The minimum absolute atomic E-state index is 0.0373. The van der Waals surface area contributed by atoms with Crippen LogP contribution in [0.2, 0.25) is 0 Å². The van der Waals surface area contributed by atoms with Crippen LogP contribution in [0.25, 0.3) is 0 Å². The van der Waals surface area contributed by atoms with Crippen molar-refractivity contribution in [3.05, 3.63) is 29.6 Å². The molecule has 0 unspecified atom stereocenters. The second-order valence-electron chi connectivity index (χ2n) is 7.33. The molecular weight excluding hydrogens is 342 g/mol. The van der Waals surface area contributed by atoms with Crippen LogP contribution in [0.5, 0.6) is 5.75 Å². The normalized spacial score (nSPS) is 17.1. The fraction of sp³-hybridized carbons (Fsp3) is 0.550. The number of ether oxygens (including phenoxy) is 1. The number of nitrogens with zero attached hydrogens (tertiary/aromatic N) is 5. The summed E-state index contributed by atoms with van der Waals surface area (Å²) in [4.78, 5) is 15.6. The molecule has 0 spiro atoms. The minimum Gasteiger partial charge on any atom is -0.494 e. The van der Waals surface area contributed by atoms with Gasteiger partial charge in [0.15, 0.2) is 11.6 Å². The van der Waals surface area contributed by atoms with Crippen molar-refractivity contribution in [2.75, 3.05) is 6.61 Å². The van der Waals surface area contributed by atoms with Gasteiger partial charge in [-0.2, -0.15) is 0 Å². The maximum absolute atomic E-state index is 11.5. The maximum atomic E-state index is 11.5. The van der Waals surface area contributed by atoms with Gasteiger partial charge in [0.2, 0.25) is 0 Å². The molecule has 0 atom stereocenters. The lowest BCUT2D eigenvalue weighted by Crippen LogP contribution is -2.17. The third-order valence-electron chi connectivity index (χ3n) is 5.31. The highest BCUT2D eigenvalue weighted by molar-refractivity contribution is 6.29. The van der Waals surface area contributed by atoms with Crippen molar-refractivity contribution < 1.29 is 9.53 Å². The minimum atomic E-state index is 0.0373. The number of Topliss-reactive ketones (excluding diaryl/α,β-unsaturated/α-hetero) is 1. The smallest absolute Gasteiger partial charge is 0.178 e. The number of aromatic nitrogens is 4. The van der Waals surface area contributed by atoms with Gasteiger partial charge in [-0.1, -0.05) is 19.3 Å². The Bertz CT molecular complexity index is 824. The second-order valence-corrected chi connectivity index (χ2v) is 7.33. The van der Waals surface area contributed by atoms with Crippen LogP contribution in [-0.4, -0.2) is 38.8 Å². The van der Waals surface area contributed by atoms with Crippen molar-refractivity contribution in [1.82, 2.24) is 20.2 Å². The highest BCUT2D eigenvalue weighted by Gasteiger charge is 2.19. The van der Waals surface area contributed by atoms with E-state index in [2.05, 4.69) is 20.5 Å². The van der Waals surface area contributed by atoms with Gasteiger partial charge in [0.25, 0.3) is 0 Å². The number of hydrogen-bond donors (Lipinski definition) is 0. The van der Waals surface area contributed by atoms with Gasteiger partial charge >= 0.3 is 0 Å². The van der Waals surface area contributed by atoms with E-state index in [1.807, 2.05) is 22.9 Å². The van der Waals surface area contributed by atoms with E-state index in [4.69, 9.17) is 4.74 Å². The molecule has 27 heavy (non-hydrogen) atoms. The average molecular weight is 367 g/mol. The molecule has 2 aliphatic rings. The third-order valence-corrected chi connectivity index (χ3v) is 5.31. The molecule has 0 saturated heterocycles. The number of ketones is 1. The molecule has 2 heterocycles. The molecule has 1 aromatic carbocycles. The van der Waals surface area contributed by atoms with Gasteiger partial charge in [0.05, 0.1) is 24.6 Å². The lowest BCUT2D eigenvalue weighted by molar-refractivity contribution is -0.112. The molecule has 0 N–H and O–H groups in total. The number of hydrogen-bond acceptors (Lipinski definition) is 6. The monoisotopic (exact) mass is 367 g/mol. The van der Waals surface area contributed by atoms with E-state index in [0.717, 1.165) is 42.1 Å². The average Bonchev–Trinajstić information content (AvgIpc) is 3.16. The number of carbonyl (C=O) groups is 1. The number of benzene rings is 1. The molecule has 1 aromatic heterocycles. The van der Waals surface area contributed by atoms with E-state index < -0.39 is 0 Å². The zero-order chi connectivity index (χ0) is 18.5. The molecule has 7 heteroatoms. The number of aryl methyl sites for hydroxylation is 1. The molecule has 0 radical (unpaired) electrons. The van der Waals surface area contributed by atoms with Crippen LogP contribution < -0.4 is 4.74 Å². The van der Waals surface area contributed by atoms with Gasteiger partial charge < -0.3 is 4.74 Å². The van der Waals surface area contributed by atoms with Crippen LogP contribution in [0.15, 0.2) is 23.2 Å². The highest BCUT2D eigenvalue weighted by atomic mass is 16.5. The number of rotatable bonds is 7. The number of carbonyl (C=O) groups excluding carboxylic acids is 1. The third kappa shape index (κ3) is 4.40. The molecule has 7 nitrogen and oxygen atoms in total. The zero-order valence-electron chi connectivity index (χ0n) is 15.5. The first-order valence-corrected chi connectivity index (χ1v) is 9.89. The Kier molecular flexibility index (Phi) is 5.55. The Balaban J connectivity index is 1.23. The van der Waals surface area contributed by atoms with E-state index in [9.17, 15) is 4.79 Å². The lowest BCUT2D eigenvalue weighted by Gasteiger charge is -2.22. The summed E-state index contributed by atoms with van der Waals surface area (Å²) >= 11 is 0. The number of tetrazole rings is 1. The summed E-state index contributed by atoms with van der Waals surface area (Å²) in [5.74, 6) is 1.83. The molecular formula is C20H25N5O2. The van der Waals surface area contributed by atoms with Crippen LogP contribution in [0.1, 0.15) is 62.4 Å². The van der Waals surface area contributed by atoms with Crippen molar-refractivity contribution in [2.45, 2.75) is 63.8 Å². The molecule has 1 aliphatic carbocycles. The van der Waals surface area contributed by atoms with Gasteiger partial charge in [-0.05, 0) is 59.9 Å². The molecule has 0 amide bonds. The van der Waals surface area contributed by atoms with Crippen LogP contribution >= 0.6 is 0 Å². The van der Waals surface area contributed by atoms with E-state index in [0.29, 0.717) is 19.1 Å². The molecule has 4 rings (SSSR count). The summed E-state index contributed by atoms with van der Waals surface area (Å²) in [5, 5.41) is 12.3. The maximum Gasteiger partial charge on any atom is 0.178 e.